The van der Waals surface area contributed by atoms with E-state index < -0.39 is 5.97 Å². The monoisotopic (exact) mass is 176 g/mol. The molecule has 0 rings (SSSR count). The molecule has 0 spiro atoms. The first-order valence-electron chi connectivity index (χ1n) is 3.92. The number of aliphatic carboxylic acids is 1. The molecule has 0 amide bonds. The lowest BCUT2D eigenvalue weighted by Gasteiger charge is -2.16. The van der Waals surface area contributed by atoms with Crippen LogP contribution in [-0.2, 0) is 14.3 Å². The van der Waals surface area contributed by atoms with Crippen molar-refractivity contribution in [2.75, 3.05) is 13.7 Å². The van der Waals surface area contributed by atoms with Crippen LogP contribution in [0.15, 0.2) is 0 Å². The smallest absolute Gasteiger partial charge is 0.305 e. The Labute approximate surface area is 72.5 Å². The van der Waals surface area contributed by atoms with Crippen molar-refractivity contribution in [1.29, 1.82) is 0 Å². The highest BCUT2D eigenvalue weighted by atomic mass is 16.5. The van der Waals surface area contributed by atoms with Crippen LogP contribution in [0.1, 0.15) is 20.3 Å². The average molecular weight is 176 g/mol. The zero-order valence-corrected chi connectivity index (χ0v) is 7.74. The van der Waals surface area contributed by atoms with E-state index in [1.807, 2.05) is 6.92 Å². The van der Waals surface area contributed by atoms with Gasteiger partial charge in [-0.15, -0.1) is 0 Å². The van der Waals surface area contributed by atoms with Gasteiger partial charge < -0.3 is 14.6 Å². The maximum atomic E-state index is 10.2. The summed E-state index contributed by atoms with van der Waals surface area (Å²) in [4.78, 5) is 10.2. The Bertz CT molecular complexity index is 135. The molecule has 0 aliphatic heterocycles. The Morgan fingerprint density at radius 3 is 2.42 bits per heavy atom. The van der Waals surface area contributed by atoms with Crippen LogP contribution in [0.3, 0.4) is 0 Å². The number of methoxy groups -OCH3 is 1. The first-order valence-corrected chi connectivity index (χ1v) is 3.92. The third kappa shape index (κ3) is 6.12. The topological polar surface area (TPSA) is 55.8 Å². The van der Waals surface area contributed by atoms with Gasteiger partial charge in [-0.2, -0.15) is 0 Å². The van der Waals surface area contributed by atoms with E-state index in [4.69, 9.17) is 14.6 Å². The molecule has 12 heavy (non-hydrogen) atoms. The van der Waals surface area contributed by atoms with Crippen molar-refractivity contribution in [3.05, 3.63) is 0 Å². The van der Waals surface area contributed by atoms with Gasteiger partial charge in [0, 0.05) is 7.11 Å². The lowest BCUT2D eigenvalue weighted by Crippen LogP contribution is -2.23. The van der Waals surface area contributed by atoms with E-state index in [9.17, 15) is 4.79 Å². The largest absolute Gasteiger partial charge is 0.481 e. The summed E-state index contributed by atoms with van der Waals surface area (Å²) in [5.41, 5.74) is 0. The van der Waals surface area contributed by atoms with Crippen molar-refractivity contribution in [2.24, 2.45) is 0 Å². The van der Waals surface area contributed by atoms with Gasteiger partial charge in [0.2, 0.25) is 0 Å². The minimum Gasteiger partial charge on any atom is -0.481 e. The van der Waals surface area contributed by atoms with Crippen LogP contribution in [0.25, 0.3) is 0 Å². The van der Waals surface area contributed by atoms with Crippen LogP contribution < -0.4 is 0 Å². The first-order chi connectivity index (χ1) is 5.56. The fourth-order valence-corrected chi connectivity index (χ4v) is 0.965. The second-order valence-corrected chi connectivity index (χ2v) is 2.81. The van der Waals surface area contributed by atoms with Crippen LogP contribution in [-0.4, -0.2) is 37.0 Å². The van der Waals surface area contributed by atoms with Crippen LogP contribution in [0.4, 0.5) is 0 Å². The zero-order chi connectivity index (χ0) is 9.56. The lowest BCUT2D eigenvalue weighted by atomic mass is 10.3. The van der Waals surface area contributed by atoms with Gasteiger partial charge in [-0.25, -0.2) is 0 Å². The molecule has 72 valence electrons. The second-order valence-electron chi connectivity index (χ2n) is 2.81. The molecule has 4 heteroatoms. The average Bonchev–Trinajstić information content (AvgIpc) is 1.84. The summed E-state index contributed by atoms with van der Waals surface area (Å²) in [5.74, 6) is -0.841. The van der Waals surface area contributed by atoms with E-state index in [1.54, 1.807) is 14.0 Å². The molecule has 4 nitrogen and oxygen atoms in total. The van der Waals surface area contributed by atoms with Gasteiger partial charge in [-0.05, 0) is 13.8 Å². The van der Waals surface area contributed by atoms with Crippen LogP contribution >= 0.6 is 0 Å². The number of carbonyl (C=O) groups is 1. The van der Waals surface area contributed by atoms with Crippen molar-refractivity contribution in [3.63, 3.8) is 0 Å². The van der Waals surface area contributed by atoms with Gasteiger partial charge in [0.25, 0.3) is 0 Å². The van der Waals surface area contributed by atoms with Gasteiger partial charge in [-0.1, -0.05) is 0 Å². The normalized spacial score (nSPS) is 15.6. The van der Waals surface area contributed by atoms with Crippen molar-refractivity contribution in [2.45, 2.75) is 32.5 Å². The molecule has 0 radical (unpaired) electrons. The fraction of sp³-hybridized carbons (Fsp3) is 0.875. The Hall–Kier alpha value is -0.610. The summed E-state index contributed by atoms with van der Waals surface area (Å²) < 4.78 is 10.1. The minimum absolute atomic E-state index is 0.0358. The number of carboxylic acid groups (broad SMARTS) is 1. The number of carboxylic acids is 1. The molecule has 0 aliphatic carbocycles. The number of hydrogen-bond acceptors (Lipinski definition) is 3. The number of hydrogen-bond donors (Lipinski definition) is 1. The van der Waals surface area contributed by atoms with Gasteiger partial charge in [0.15, 0.2) is 0 Å². The summed E-state index contributed by atoms with van der Waals surface area (Å²) in [7, 11) is 1.59. The zero-order valence-electron chi connectivity index (χ0n) is 7.74. The molecule has 2 atom stereocenters. The predicted molar refractivity (Wildman–Crippen MR) is 44.1 cm³/mol. The standard InChI is InChI=1S/C8H16O4/c1-6(4-8(9)10)12-7(2)5-11-3/h6-7H,4-5H2,1-3H3,(H,9,10)/t6-,7?/m1/s1. The highest BCUT2D eigenvalue weighted by Gasteiger charge is 2.11. The molecular formula is C8H16O4. The molecule has 0 heterocycles. The Morgan fingerprint density at radius 2 is 2.00 bits per heavy atom. The maximum Gasteiger partial charge on any atom is 0.305 e. The molecule has 0 fully saturated rings. The van der Waals surface area contributed by atoms with Gasteiger partial charge in [0.05, 0.1) is 25.2 Å². The van der Waals surface area contributed by atoms with E-state index in [1.165, 1.54) is 0 Å². The third-order valence-corrected chi connectivity index (χ3v) is 1.33. The van der Waals surface area contributed by atoms with E-state index in [0.29, 0.717) is 6.61 Å². The van der Waals surface area contributed by atoms with Crippen molar-refractivity contribution in [3.8, 4) is 0 Å². The van der Waals surface area contributed by atoms with E-state index in [-0.39, 0.29) is 18.6 Å². The molecule has 0 aliphatic rings. The number of ether oxygens (including phenoxy) is 2. The third-order valence-electron chi connectivity index (χ3n) is 1.33. The summed E-state index contributed by atoms with van der Waals surface area (Å²) in [6.07, 6.45) is -0.273. The fourth-order valence-electron chi connectivity index (χ4n) is 0.965. The Balaban J connectivity index is 3.53. The molecule has 0 saturated heterocycles. The highest BCUT2D eigenvalue weighted by Crippen LogP contribution is 2.02. The SMILES string of the molecule is COCC(C)O[C@H](C)CC(=O)O. The molecule has 0 saturated carbocycles. The Morgan fingerprint density at radius 1 is 1.42 bits per heavy atom. The molecule has 1 N–H and O–H groups in total. The van der Waals surface area contributed by atoms with Crippen molar-refractivity contribution >= 4 is 5.97 Å². The van der Waals surface area contributed by atoms with Gasteiger partial charge >= 0.3 is 5.97 Å². The van der Waals surface area contributed by atoms with Gasteiger partial charge in [0.1, 0.15) is 0 Å². The Kier molecular flexibility index (Phi) is 5.66. The predicted octanol–water partition coefficient (Wildman–Crippen LogP) is 0.901. The molecule has 0 aromatic carbocycles. The molecular weight excluding hydrogens is 160 g/mol. The second kappa shape index (κ2) is 5.97. The molecule has 1 unspecified atom stereocenters. The maximum absolute atomic E-state index is 10.2. The van der Waals surface area contributed by atoms with Crippen molar-refractivity contribution in [1.82, 2.24) is 0 Å². The van der Waals surface area contributed by atoms with E-state index in [0.717, 1.165) is 0 Å². The number of rotatable bonds is 6. The quantitative estimate of drug-likeness (QED) is 0.653. The van der Waals surface area contributed by atoms with Crippen LogP contribution in [0.2, 0.25) is 0 Å². The van der Waals surface area contributed by atoms with E-state index >= 15 is 0 Å². The van der Waals surface area contributed by atoms with E-state index in [2.05, 4.69) is 0 Å². The summed E-state index contributed by atoms with van der Waals surface area (Å²) in [6, 6.07) is 0. The molecule has 0 aromatic heterocycles. The summed E-state index contributed by atoms with van der Waals surface area (Å²) in [6.45, 7) is 4.08. The molecule has 0 aromatic rings. The lowest BCUT2D eigenvalue weighted by molar-refractivity contribution is -0.141. The molecule has 0 bridgehead atoms. The summed E-state index contributed by atoms with van der Waals surface area (Å²) in [5, 5.41) is 8.42. The first kappa shape index (κ1) is 11.4. The van der Waals surface area contributed by atoms with Crippen molar-refractivity contribution < 1.29 is 19.4 Å². The van der Waals surface area contributed by atoms with Crippen LogP contribution in [0, 0.1) is 0 Å². The minimum atomic E-state index is -0.841. The highest BCUT2D eigenvalue weighted by molar-refractivity contribution is 5.67. The van der Waals surface area contributed by atoms with Gasteiger partial charge in [-0.3, -0.25) is 4.79 Å². The van der Waals surface area contributed by atoms with Crippen LogP contribution in [0.5, 0.6) is 0 Å². The summed E-state index contributed by atoms with van der Waals surface area (Å²) >= 11 is 0.